The summed E-state index contributed by atoms with van der Waals surface area (Å²) in [5, 5.41) is 12.2. The summed E-state index contributed by atoms with van der Waals surface area (Å²) in [5.41, 5.74) is -1.75. The molecule has 18 heavy (non-hydrogen) atoms. The van der Waals surface area contributed by atoms with Crippen LogP contribution in [0.15, 0.2) is 4.90 Å². The number of nitrogens with zero attached hydrogens (tertiary/aromatic N) is 2. The molecule has 0 aromatic carbocycles. The van der Waals surface area contributed by atoms with Crippen LogP contribution in [0.1, 0.15) is 36.0 Å². The van der Waals surface area contributed by atoms with Gasteiger partial charge in [-0.15, -0.1) is 0 Å². The fourth-order valence-electron chi connectivity index (χ4n) is 1.58. The maximum absolute atomic E-state index is 12.8. The lowest BCUT2D eigenvalue weighted by Crippen LogP contribution is -2.13. The summed E-state index contributed by atoms with van der Waals surface area (Å²) in [7, 11) is -3.00. The molecular weight excluding hydrogens is 270 g/mol. The minimum absolute atomic E-state index is 0.193. The van der Waals surface area contributed by atoms with Gasteiger partial charge in [0.2, 0.25) is 0 Å². The highest BCUT2D eigenvalue weighted by atomic mass is 32.2. The van der Waals surface area contributed by atoms with Gasteiger partial charge in [0.25, 0.3) is 6.43 Å². The highest BCUT2D eigenvalue weighted by Gasteiger charge is 2.34. The molecule has 0 bridgehead atoms. The first-order chi connectivity index (χ1) is 8.22. The third-order valence-corrected chi connectivity index (χ3v) is 4.21. The molecule has 1 rings (SSSR count). The van der Waals surface area contributed by atoms with E-state index in [0.29, 0.717) is 4.68 Å². The van der Waals surface area contributed by atoms with E-state index in [1.807, 2.05) is 0 Å². The third-order valence-electron chi connectivity index (χ3n) is 2.24. The molecule has 6 nitrogen and oxygen atoms in total. The van der Waals surface area contributed by atoms with Gasteiger partial charge in [0, 0.05) is 7.05 Å². The maximum Gasteiger partial charge on any atom is 0.357 e. The van der Waals surface area contributed by atoms with Gasteiger partial charge in [-0.25, -0.2) is 22.0 Å². The molecule has 0 aliphatic rings. The number of carbonyl (C=O) groups is 1. The fraction of sp³-hybridized carbons (Fsp3) is 0.556. The molecular formula is C9H12F2N2O4S. The number of sulfone groups is 1. The van der Waals surface area contributed by atoms with Crippen molar-refractivity contribution in [1.82, 2.24) is 9.78 Å². The Kier molecular flexibility index (Phi) is 4.05. The molecule has 9 heteroatoms. The molecule has 1 N–H and O–H groups in total. The second-order valence-corrected chi connectivity index (χ2v) is 5.66. The van der Waals surface area contributed by atoms with Crippen molar-refractivity contribution in [2.24, 2.45) is 7.05 Å². The van der Waals surface area contributed by atoms with Crippen molar-refractivity contribution < 1.29 is 27.1 Å². The number of aryl methyl sites for hydroxylation is 1. The Hall–Kier alpha value is -1.51. The van der Waals surface area contributed by atoms with Crippen LogP contribution in [0.2, 0.25) is 0 Å². The number of aromatic nitrogens is 2. The molecule has 0 saturated carbocycles. The van der Waals surface area contributed by atoms with Crippen LogP contribution in [0.5, 0.6) is 0 Å². The largest absolute Gasteiger partial charge is 0.476 e. The Morgan fingerprint density at radius 3 is 2.44 bits per heavy atom. The van der Waals surface area contributed by atoms with Gasteiger partial charge < -0.3 is 5.11 Å². The standard InChI is InChI=1S/C9H12F2N2O4S/c1-3-4-18(16,17)7-5(9(14)15)12-13(2)6(7)8(10)11/h8H,3-4H2,1-2H3,(H,14,15). The molecule has 0 atom stereocenters. The first-order valence-electron chi connectivity index (χ1n) is 5.03. The molecule has 1 aromatic heterocycles. The molecule has 0 aliphatic heterocycles. The Balaban J connectivity index is 3.62. The zero-order valence-corrected chi connectivity index (χ0v) is 10.5. The van der Waals surface area contributed by atoms with Crippen LogP contribution >= 0.6 is 0 Å². The SMILES string of the molecule is CCCS(=O)(=O)c1c(C(=O)O)nn(C)c1C(F)F. The lowest BCUT2D eigenvalue weighted by molar-refractivity contribution is 0.0685. The highest BCUT2D eigenvalue weighted by molar-refractivity contribution is 7.91. The number of carboxylic acids is 1. The fourth-order valence-corrected chi connectivity index (χ4v) is 3.28. The summed E-state index contributed by atoms with van der Waals surface area (Å²) in [6.07, 6.45) is -2.92. The number of aromatic carboxylic acids is 1. The van der Waals surface area contributed by atoms with E-state index >= 15 is 0 Å². The second kappa shape index (κ2) is 5.01. The van der Waals surface area contributed by atoms with Gasteiger partial charge in [-0.05, 0) is 6.42 Å². The monoisotopic (exact) mass is 282 g/mol. The van der Waals surface area contributed by atoms with Gasteiger partial charge in [0.15, 0.2) is 15.5 Å². The quantitative estimate of drug-likeness (QED) is 0.877. The first-order valence-corrected chi connectivity index (χ1v) is 6.68. The lowest BCUT2D eigenvalue weighted by Gasteiger charge is -2.05. The topological polar surface area (TPSA) is 89.3 Å². The number of hydrogen-bond acceptors (Lipinski definition) is 4. The molecule has 0 unspecified atom stereocenters. The van der Waals surface area contributed by atoms with Crippen molar-refractivity contribution in [2.45, 2.75) is 24.7 Å². The first kappa shape index (κ1) is 14.6. The highest BCUT2D eigenvalue weighted by Crippen LogP contribution is 2.30. The average Bonchev–Trinajstić information content (AvgIpc) is 2.56. The number of halogens is 2. The van der Waals surface area contributed by atoms with Crippen LogP contribution in [0, 0.1) is 0 Å². The zero-order valence-electron chi connectivity index (χ0n) is 9.72. The van der Waals surface area contributed by atoms with Crippen molar-refractivity contribution in [3.8, 4) is 0 Å². The molecule has 1 aromatic rings. The average molecular weight is 282 g/mol. The van der Waals surface area contributed by atoms with E-state index in [-0.39, 0.29) is 6.42 Å². The van der Waals surface area contributed by atoms with Gasteiger partial charge >= 0.3 is 5.97 Å². The van der Waals surface area contributed by atoms with Crippen molar-refractivity contribution in [2.75, 3.05) is 5.75 Å². The molecule has 0 saturated heterocycles. The van der Waals surface area contributed by atoms with Crippen LogP contribution in [0.4, 0.5) is 8.78 Å². The molecule has 0 spiro atoms. The molecule has 0 aliphatic carbocycles. The molecule has 102 valence electrons. The van der Waals surface area contributed by atoms with E-state index in [1.165, 1.54) is 0 Å². The number of alkyl halides is 2. The minimum Gasteiger partial charge on any atom is -0.476 e. The third kappa shape index (κ3) is 2.50. The van der Waals surface area contributed by atoms with Gasteiger partial charge in [-0.1, -0.05) is 6.92 Å². The van der Waals surface area contributed by atoms with Gasteiger partial charge in [0.05, 0.1) is 5.75 Å². The van der Waals surface area contributed by atoms with Crippen molar-refractivity contribution in [3.63, 3.8) is 0 Å². The predicted molar refractivity (Wildman–Crippen MR) is 57.5 cm³/mol. The van der Waals surface area contributed by atoms with E-state index in [4.69, 9.17) is 5.11 Å². The summed E-state index contributed by atoms with van der Waals surface area (Å²) in [4.78, 5) is 10.00. The van der Waals surface area contributed by atoms with Crippen molar-refractivity contribution >= 4 is 15.8 Å². The Labute approximate surface area is 102 Å². The number of hydrogen-bond donors (Lipinski definition) is 1. The smallest absolute Gasteiger partial charge is 0.357 e. The predicted octanol–water partition coefficient (Wildman–Crippen LogP) is 1.24. The van der Waals surface area contributed by atoms with Crippen molar-refractivity contribution in [3.05, 3.63) is 11.4 Å². The summed E-state index contributed by atoms with van der Waals surface area (Å²) in [5.74, 6) is -2.05. The maximum atomic E-state index is 12.8. The Morgan fingerprint density at radius 1 is 1.50 bits per heavy atom. The molecule has 0 fully saturated rings. The van der Waals surface area contributed by atoms with Crippen LogP contribution in [-0.2, 0) is 16.9 Å². The lowest BCUT2D eigenvalue weighted by atomic mass is 10.3. The Bertz CT molecular complexity index is 565. The van der Waals surface area contributed by atoms with Crippen LogP contribution in [0.3, 0.4) is 0 Å². The van der Waals surface area contributed by atoms with Gasteiger partial charge in [-0.3, -0.25) is 4.68 Å². The van der Waals surface area contributed by atoms with Gasteiger partial charge in [0.1, 0.15) is 10.6 Å². The minimum atomic E-state index is -4.09. The summed E-state index contributed by atoms with van der Waals surface area (Å²) in [6, 6.07) is 0. The van der Waals surface area contributed by atoms with E-state index in [1.54, 1.807) is 6.92 Å². The van der Waals surface area contributed by atoms with E-state index in [0.717, 1.165) is 7.05 Å². The van der Waals surface area contributed by atoms with E-state index in [2.05, 4.69) is 5.10 Å². The second-order valence-electron chi connectivity index (χ2n) is 3.61. The van der Waals surface area contributed by atoms with Gasteiger partial charge in [-0.2, -0.15) is 5.10 Å². The van der Waals surface area contributed by atoms with Crippen LogP contribution in [0.25, 0.3) is 0 Å². The number of carboxylic acid groups (broad SMARTS) is 1. The normalized spacial score (nSPS) is 12.1. The Morgan fingerprint density at radius 2 is 2.06 bits per heavy atom. The molecule has 0 radical (unpaired) electrons. The summed E-state index contributed by atoms with van der Waals surface area (Å²) < 4.78 is 49.9. The van der Waals surface area contributed by atoms with Crippen molar-refractivity contribution in [1.29, 1.82) is 0 Å². The molecule has 0 amide bonds. The van der Waals surface area contributed by atoms with E-state index < -0.39 is 44.3 Å². The summed E-state index contributed by atoms with van der Waals surface area (Å²) >= 11 is 0. The zero-order chi connectivity index (χ0) is 14.1. The van der Waals surface area contributed by atoms with E-state index in [9.17, 15) is 22.0 Å². The molecule has 1 heterocycles. The van der Waals surface area contributed by atoms with Crippen LogP contribution < -0.4 is 0 Å². The van der Waals surface area contributed by atoms with Crippen LogP contribution in [-0.4, -0.2) is 35.0 Å². The summed E-state index contributed by atoms with van der Waals surface area (Å²) in [6.45, 7) is 1.55. The number of rotatable bonds is 5.